The van der Waals surface area contributed by atoms with E-state index in [9.17, 15) is 14.0 Å². The molecule has 144 valence electrons. The number of carbonyl (C=O) groups is 2. The van der Waals surface area contributed by atoms with Gasteiger partial charge in [-0.15, -0.1) is 0 Å². The molecule has 1 aromatic carbocycles. The molecule has 29 heavy (non-hydrogen) atoms. The zero-order chi connectivity index (χ0) is 19.7. The Hall–Kier alpha value is -3.13. The fourth-order valence-electron chi connectivity index (χ4n) is 4.77. The van der Waals surface area contributed by atoms with E-state index in [0.717, 1.165) is 28.5 Å². The number of allylic oxidation sites excluding steroid dienone is 2. The highest BCUT2D eigenvalue weighted by atomic mass is 32.1. The molecule has 3 aromatic rings. The number of carbonyl (C=O) groups excluding carboxylic acids is 2. The largest absolute Gasteiger partial charge is 0.340 e. The minimum atomic E-state index is -0.397. The second-order valence-electron chi connectivity index (χ2n) is 7.68. The molecule has 6 rings (SSSR count). The van der Waals surface area contributed by atoms with Crippen LogP contribution in [-0.4, -0.2) is 21.8 Å². The van der Waals surface area contributed by atoms with E-state index >= 15 is 0 Å². The highest BCUT2D eigenvalue weighted by Gasteiger charge is 2.60. The zero-order valence-electron chi connectivity index (χ0n) is 15.1. The van der Waals surface area contributed by atoms with Gasteiger partial charge < -0.3 is 5.32 Å². The first-order valence-corrected chi connectivity index (χ1v) is 10.3. The Bertz CT molecular complexity index is 1180. The summed E-state index contributed by atoms with van der Waals surface area (Å²) in [5.74, 6) is -0.213. The number of imide groups is 1. The van der Waals surface area contributed by atoms with Crippen LogP contribution < -0.4 is 10.2 Å². The molecular formula is C21H15FN4O2S. The van der Waals surface area contributed by atoms with Gasteiger partial charge in [-0.25, -0.2) is 19.3 Å². The number of thiazole rings is 1. The summed E-state index contributed by atoms with van der Waals surface area (Å²) in [6.45, 7) is 0. The third kappa shape index (κ3) is 2.45. The summed E-state index contributed by atoms with van der Waals surface area (Å²) in [5, 5.41) is 3.55. The van der Waals surface area contributed by atoms with Gasteiger partial charge in [-0.3, -0.25) is 9.59 Å². The third-order valence-electron chi connectivity index (χ3n) is 6.04. The van der Waals surface area contributed by atoms with Crippen molar-refractivity contribution in [3.8, 4) is 0 Å². The maximum Gasteiger partial charge on any atom is 0.240 e. The lowest BCUT2D eigenvalue weighted by atomic mass is 9.85. The smallest absolute Gasteiger partial charge is 0.240 e. The van der Waals surface area contributed by atoms with Crippen molar-refractivity contribution in [3.63, 3.8) is 0 Å². The van der Waals surface area contributed by atoms with Crippen molar-refractivity contribution in [2.75, 3.05) is 10.2 Å². The predicted octanol–water partition coefficient (Wildman–Crippen LogP) is 3.89. The van der Waals surface area contributed by atoms with Gasteiger partial charge in [0.25, 0.3) is 0 Å². The Morgan fingerprint density at radius 1 is 1.07 bits per heavy atom. The van der Waals surface area contributed by atoms with E-state index in [2.05, 4.69) is 27.4 Å². The summed E-state index contributed by atoms with van der Waals surface area (Å²) in [7, 11) is 0. The summed E-state index contributed by atoms with van der Waals surface area (Å²) >= 11 is 1.32. The lowest BCUT2D eigenvalue weighted by molar-refractivity contribution is -0.123. The maximum atomic E-state index is 13.0. The van der Waals surface area contributed by atoms with Gasteiger partial charge in [0.1, 0.15) is 11.6 Å². The van der Waals surface area contributed by atoms with E-state index in [1.165, 1.54) is 22.3 Å². The van der Waals surface area contributed by atoms with E-state index in [0.29, 0.717) is 10.9 Å². The molecule has 2 amide bonds. The normalized spacial score (nSPS) is 27.3. The van der Waals surface area contributed by atoms with Crippen LogP contribution in [0.25, 0.3) is 10.2 Å². The van der Waals surface area contributed by atoms with Gasteiger partial charge in [-0.05, 0) is 48.6 Å². The van der Waals surface area contributed by atoms with E-state index in [-0.39, 0.29) is 35.5 Å². The molecule has 4 unspecified atom stereocenters. The third-order valence-corrected chi connectivity index (χ3v) is 7.04. The molecule has 6 nitrogen and oxygen atoms in total. The van der Waals surface area contributed by atoms with Crippen molar-refractivity contribution in [1.82, 2.24) is 9.97 Å². The van der Waals surface area contributed by atoms with Crippen LogP contribution in [0.2, 0.25) is 0 Å². The summed E-state index contributed by atoms with van der Waals surface area (Å²) in [5.41, 5.74) is 1.49. The number of fused-ring (bicyclic) bond motifs is 6. The number of pyridine rings is 1. The molecule has 0 spiro atoms. The van der Waals surface area contributed by atoms with Gasteiger partial charge in [0, 0.05) is 5.69 Å². The number of rotatable bonds is 3. The highest BCUT2D eigenvalue weighted by Crippen LogP contribution is 2.53. The topological polar surface area (TPSA) is 75.2 Å². The van der Waals surface area contributed by atoms with Gasteiger partial charge in [0.05, 0.1) is 28.2 Å². The van der Waals surface area contributed by atoms with E-state index in [4.69, 9.17) is 0 Å². The lowest BCUT2D eigenvalue weighted by Gasteiger charge is -2.14. The molecule has 1 saturated carbocycles. The molecule has 8 heteroatoms. The van der Waals surface area contributed by atoms with Gasteiger partial charge in [-0.1, -0.05) is 23.5 Å². The van der Waals surface area contributed by atoms with Crippen molar-refractivity contribution in [3.05, 3.63) is 54.5 Å². The molecule has 1 N–H and O–H groups in total. The number of halogens is 1. The van der Waals surface area contributed by atoms with Crippen LogP contribution in [0.1, 0.15) is 6.42 Å². The average molecular weight is 406 g/mol. The first-order chi connectivity index (χ1) is 14.1. The molecular weight excluding hydrogens is 391 g/mol. The van der Waals surface area contributed by atoms with Gasteiger partial charge >= 0.3 is 0 Å². The number of hydrogen-bond donors (Lipinski definition) is 1. The molecule has 3 aliphatic rings. The second kappa shape index (κ2) is 5.93. The number of hydrogen-bond acceptors (Lipinski definition) is 6. The molecule has 2 bridgehead atoms. The minimum absolute atomic E-state index is 0.121. The monoisotopic (exact) mass is 406 g/mol. The van der Waals surface area contributed by atoms with Crippen molar-refractivity contribution in [2.45, 2.75) is 6.42 Å². The highest BCUT2D eigenvalue weighted by molar-refractivity contribution is 7.22. The zero-order valence-corrected chi connectivity index (χ0v) is 15.9. The van der Waals surface area contributed by atoms with Crippen molar-refractivity contribution in [2.24, 2.45) is 23.7 Å². The number of anilines is 3. The van der Waals surface area contributed by atoms with Crippen LogP contribution in [-0.2, 0) is 9.59 Å². The first kappa shape index (κ1) is 16.8. The summed E-state index contributed by atoms with van der Waals surface area (Å²) in [6, 6.07) is 8.45. The van der Waals surface area contributed by atoms with Crippen molar-refractivity contribution < 1.29 is 14.0 Å². The fourth-order valence-corrected chi connectivity index (χ4v) is 5.79. The van der Waals surface area contributed by atoms with Crippen LogP contribution in [0.3, 0.4) is 0 Å². The molecule has 4 atom stereocenters. The first-order valence-electron chi connectivity index (χ1n) is 9.44. The van der Waals surface area contributed by atoms with E-state index in [1.54, 1.807) is 6.07 Å². The lowest BCUT2D eigenvalue weighted by Crippen LogP contribution is -2.32. The van der Waals surface area contributed by atoms with Gasteiger partial charge in [0.15, 0.2) is 5.13 Å². The molecule has 1 aliphatic heterocycles. The summed E-state index contributed by atoms with van der Waals surface area (Å²) < 4.78 is 13.9. The maximum absolute atomic E-state index is 13.0. The van der Waals surface area contributed by atoms with E-state index < -0.39 is 5.82 Å². The molecule has 0 radical (unpaired) electrons. The van der Waals surface area contributed by atoms with Crippen LogP contribution in [0.4, 0.5) is 21.0 Å². The Morgan fingerprint density at radius 2 is 1.83 bits per heavy atom. The summed E-state index contributed by atoms with van der Waals surface area (Å²) in [6.07, 6.45) is 6.22. The Morgan fingerprint density at radius 3 is 2.52 bits per heavy atom. The van der Waals surface area contributed by atoms with Gasteiger partial charge in [-0.2, -0.15) is 0 Å². The number of amides is 2. The number of nitrogens with one attached hydrogen (secondary N) is 1. The molecule has 2 aliphatic carbocycles. The van der Waals surface area contributed by atoms with Gasteiger partial charge in [0.2, 0.25) is 11.8 Å². The molecule has 1 saturated heterocycles. The SMILES string of the molecule is O=C1C2C3C=CC(C3)C2C(=O)N1c1nc2ccc(Nc3ccc(F)cn3)cc2s1. The van der Waals surface area contributed by atoms with E-state index in [1.807, 2.05) is 18.2 Å². The van der Waals surface area contributed by atoms with Crippen molar-refractivity contribution in [1.29, 1.82) is 0 Å². The summed E-state index contributed by atoms with van der Waals surface area (Å²) in [4.78, 5) is 35.8. The minimum Gasteiger partial charge on any atom is -0.340 e. The van der Waals surface area contributed by atoms with Crippen LogP contribution in [0.15, 0.2) is 48.7 Å². The fraction of sp³-hybridized carbons (Fsp3) is 0.238. The van der Waals surface area contributed by atoms with Crippen LogP contribution in [0.5, 0.6) is 0 Å². The van der Waals surface area contributed by atoms with Crippen LogP contribution in [0, 0.1) is 29.5 Å². The average Bonchev–Trinajstić information content (AvgIpc) is 3.46. The van der Waals surface area contributed by atoms with Crippen LogP contribution >= 0.6 is 11.3 Å². The Labute approximate surface area is 169 Å². The molecule has 2 aromatic heterocycles. The predicted molar refractivity (Wildman–Crippen MR) is 107 cm³/mol. The number of nitrogens with zero attached hydrogens (tertiary/aromatic N) is 3. The number of benzene rings is 1. The molecule has 3 heterocycles. The standard InChI is InChI=1S/C21H15FN4O2S/c22-12-3-6-16(23-9-12)24-13-4-5-14-15(8-13)29-21(25-14)26-19(27)17-10-1-2-11(7-10)18(17)20(26)28/h1-6,8-11,17-18H,7H2,(H,23,24). The Kier molecular flexibility index (Phi) is 3.44. The Balaban J connectivity index is 1.31. The second-order valence-corrected chi connectivity index (χ2v) is 8.69. The molecule has 2 fully saturated rings. The quantitative estimate of drug-likeness (QED) is 0.528. The number of aromatic nitrogens is 2. The van der Waals surface area contributed by atoms with Crippen molar-refractivity contribution >= 4 is 50.0 Å².